The summed E-state index contributed by atoms with van der Waals surface area (Å²) in [4.78, 5) is 46.8. The van der Waals surface area contributed by atoms with E-state index in [1.807, 2.05) is 5.32 Å². The van der Waals surface area contributed by atoms with E-state index >= 15 is 0 Å². The quantitative estimate of drug-likeness (QED) is 0.555. The summed E-state index contributed by atoms with van der Waals surface area (Å²) in [7, 11) is 0. The number of carbonyl (C=O) groups is 3. The number of nitrogens with two attached hydrogens (primary N) is 1. The van der Waals surface area contributed by atoms with E-state index in [-0.39, 0.29) is 16.8 Å². The van der Waals surface area contributed by atoms with Crippen LogP contribution >= 0.6 is 11.3 Å². The van der Waals surface area contributed by atoms with Gasteiger partial charge in [0.1, 0.15) is 5.00 Å². The third-order valence-electron chi connectivity index (χ3n) is 3.95. The number of hydrogen-bond donors (Lipinski definition) is 3. The smallest absolute Gasteiger partial charge is 0.319 e. The van der Waals surface area contributed by atoms with Crippen molar-refractivity contribution in [2.75, 3.05) is 5.32 Å². The Labute approximate surface area is 151 Å². The predicted octanol–water partition coefficient (Wildman–Crippen LogP) is 2.21. The monoisotopic (exact) mass is 374 g/mol. The van der Waals surface area contributed by atoms with Crippen LogP contribution in [0.1, 0.15) is 37.6 Å². The largest absolute Gasteiger partial charge is 0.351 e. The number of non-ortho nitro benzene ring substituents is 1. The first kappa shape index (κ1) is 17.5. The second-order valence-electron chi connectivity index (χ2n) is 5.64. The number of imide groups is 1. The summed E-state index contributed by atoms with van der Waals surface area (Å²) >= 11 is 1.28. The van der Waals surface area contributed by atoms with Gasteiger partial charge in [-0.1, -0.05) is 0 Å². The molecule has 0 atom stereocenters. The topological polar surface area (TPSA) is 144 Å². The zero-order valence-electron chi connectivity index (χ0n) is 13.4. The summed E-state index contributed by atoms with van der Waals surface area (Å²) in [5.41, 5.74) is 6.16. The summed E-state index contributed by atoms with van der Waals surface area (Å²) in [5, 5.41) is 15.7. The Morgan fingerprint density at radius 3 is 2.42 bits per heavy atom. The number of nitro benzene ring substituents is 1. The number of anilines is 1. The van der Waals surface area contributed by atoms with E-state index in [4.69, 9.17) is 5.73 Å². The molecular formula is C16H14N4O5S. The fourth-order valence-electron chi connectivity index (χ4n) is 2.82. The number of primary amides is 1. The van der Waals surface area contributed by atoms with Gasteiger partial charge in [0.2, 0.25) is 0 Å². The molecule has 4 N–H and O–H groups in total. The minimum absolute atomic E-state index is 0.127. The zero-order valence-corrected chi connectivity index (χ0v) is 14.2. The SMILES string of the molecule is NC(=O)NC(=O)c1c(NC(=O)c2ccc([N+](=O)[O-])cc2)sc2c1CCC2. The molecule has 3 rings (SSSR count). The second-order valence-corrected chi connectivity index (χ2v) is 6.74. The Balaban J connectivity index is 1.87. The van der Waals surface area contributed by atoms with Crippen molar-refractivity contribution in [3.63, 3.8) is 0 Å². The number of hydrogen-bond acceptors (Lipinski definition) is 6. The van der Waals surface area contributed by atoms with Crippen LogP contribution < -0.4 is 16.4 Å². The lowest BCUT2D eigenvalue weighted by Gasteiger charge is -2.08. The van der Waals surface area contributed by atoms with Crippen LogP contribution in [0.15, 0.2) is 24.3 Å². The third kappa shape index (κ3) is 3.40. The number of urea groups is 1. The van der Waals surface area contributed by atoms with Gasteiger partial charge in [-0.3, -0.25) is 25.0 Å². The van der Waals surface area contributed by atoms with Gasteiger partial charge in [-0.25, -0.2) is 4.79 Å². The van der Waals surface area contributed by atoms with Crippen molar-refractivity contribution in [2.24, 2.45) is 5.73 Å². The van der Waals surface area contributed by atoms with Gasteiger partial charge in [0.05, 0.1) is 10.5 Å². The van der Waals surface area contributed by atoms with E-state index in [0.717, 1.165) is 23.3 Å². The number of rotatable bonds is 4. The molecule has 2 aromatic rings. The molecule has 0 bridgehead atoms. The Bertz CT molecular complexity index is 919. The van der Waals surface area contributed by atoms with Crippen LogP contribution in [0.25, 0.3) is 0 Å². The summed E-state index contributed by atoms with van der Waals surface area (Å²) < 4.78 is 0. The van der Waals surface area contributed by atoms with Crippen LogP contribution in [-0.4, -0.2) is 22.8 Å². The van der Waals surface area contributed by atoms with E-state index in [1.54, 1.807) is 0 Å². The van der Waals surface area contributed by atoms with E-state index in [1.165, 1.54) is 35.6 Å². The maximum Gasteiger partial charge on any atom is 0.319 e. The van der Waals surface area contributed by atoms with Gasteiger partial charge in [0.15, 0.2) is 0 Å². The lowest BCUT2D eigenvalue weighted by Crippen LogP contribution is -2.35. The predicted molar refractivity (Wildman–Crippen MR) is 94.4 cm³/mol. The Morgan fingerprint density at radius 1 is 1.12 bits per heavy atom. The molecule has 0 aliphatic heterocycles. The van der Waals surface area contributed by atoms with Crippen molar-refractivity contribution in [2.45, 2.75) is 19.3 Å². The van der Waals surface area contributed by atoms with Gasteiger partial charge in [-0.15, -0.1) is 11.3 Å². The van der Waals surface area contributed by atoms with Crippen molar-refractivity contribution in [3.05, 3.63) is 55.9 Å². The van der Waals surface area contributed by atoms with Crippen LogP contribution in [0.2, 0.25) is 0 Å². The highest BCUT2D eigenvalue weighted by Crippen LogP contribution is 2.39. The second kappa shape index (κ2) is 6.92. The molecule has 0 fully saturated rings. The number of fused-ring (bicyclic) bond motifs is 1. The molecule has 1 aromatic carbocycles. The number of nitrogens with zero attached hydrogens (tertiary/aromatic N) is 1. The number of carbonyl (C=O) groups excluding carboxylic acids is 3. The number of thiophene rings is 1. The number of aryl methyl sites for hydroxylation is 1. The average molecular weight is 374 g/mol. The highest BCUT2D eigenvalue weighted by atomic mass is 32.1. The van der Waals surface area contributed by atoms with Crippen LogP contribution in [0.5, 0.6) is 0 Å². The molecule has 134 valence electrons. The standard InChI is InChI=1S/C16H14N4O5S/c17-16(23)19-14(22)12-10-2-1-3-11(10)26-15(12)18-13(21)8-4-6-9(7-5-8)20(24)25/h4-7H,1-3H2,(H,18,21)(H3,17,19,22,23). The van der Waals surface area contributed by atoms with Crippen LogP contribution in [0, 0.1) is 10.1 Å². The molecule has 4 amide bonds. The number of benzene rings is 1. The van der Waals surface area contributed by atoms with Gasteiger partial charge in [0, 0.05) is 22.6 Å². The normalized spacial score (nSPS) is 12.3. The molecule has 0 spiro atoms. The molecule has 9 nitrogen and oxygen atoms in total. The molecule has 0 saturated heterocycles. The molecule has 1 aromatic heterocycles. The molecule has 0 saturated carbocycles. The number of amides is 4. The Kier molecular flexibility index (Phi) is 4.67. The summed E-state index contributed by atoms with van der Waals surface area (Å²) in [6, 6.07) is 4.14. The van der Waals surface area contributed by atoms with Gasteiger partial charge < -0.3 is 11.1 Å². The van der Waals surface area contributed by atoms with E-state index in [9.17, 15) is 24.5 Å². The summed E-state index contributed by atoms with van der Waals surface area (Å²) in [6.07, 6.45) is 2.37. The lowest BCUT2D eigenvalue weighted by molar-refractivity contribution is -0.384. The average Bonchev–Trinajstić information content (AvgIpc) is 3.14. The van der Waals surface area contributed by atoms with E-state index < -0.39 is 22.8 Å². The number of nitrogens with one attached hydrogen (secondary N) is 2. The molecule has 10 heteroatoms. The van der Waals surface area contributed by atoms with Gasteiger partial charge in [0.25, 0.3) is 17.5 Å². The van der Waals surface area contributed by atoms with E-state index in [0.29, 0.717) is 11.4 Å². The lowest BCUT2D eigenvalue weighted by atomic mass is 10.1. The fraction of sp³-hybridized carbons (Fsp3) is 0.188. The maximum atomic E-state index is 12.4. The minimum atomic E-state index is -0.972. The molecule has 0 unspecified atom stereocenters. The first-order chi connectivity index (χ1) is 12.4. The third-order valence-corrected chi connectivity index (χ3v) is 5.16. The van der Waals surface area contributed by atoms with Crippen LogP contribution in [-0.2, 0) is 12.8 Å². The molecule has 26 heavy (non-hydrogen) atoms. The van der Waals surface area contributed by atoms with Gasteiger partial charge in [-0.05, 0) is 37.0 Å². The fourth-order valence-corrected chi connectivity index (χ4v) is 4.10. The van der Waals surface area contributed by atoms with Gasteiger partial charge in [-0.2, -0.15) is 0 Å². The first-order valence-corrected chi connectivity index (χ1v) is 8.49. The van der Waals surface area contributed by atoms with Crippen molar-refractivity contribution >= 4 is 39.9 Å². The minimum Gasteiger partial charge on any atom is -0.351 e. The first-order valence-electron chi connectivity index (χ1n) is 7.68. The number of nitro groups is 1. The van der Waals surface area contributed by atoms with Crippen molar-refractivity contribution in [1.29, 1.82) is 0 Å². The molecule has 1 aliphatic carbocycles. The molecular weight excluding hydrogens is 360 g/mol. The van der Waals surface area contributed by atoms with Crippen LogP contribution in [0.3, 0.4) is 0 Å². The maximum absolute atomic E-state index is 12.4. The molecule has 0 radical (unpaired) electrons. The van der Waals surface area contributed by atoms with Crippen molar-refractivity contribution < 1.29 is 19.3 Å². The Morgan fingerprint density at radius 2 is 1.81 bits per heavy atom. The highest BCUT2D eigenvalue weighted by molar-refractivity contribution is 7.17. The molecule has 1 heterocycles. The van der Waals surface area contributed by atoms with Gasteiger partial charge >= 0.3 is 6.03 Å². The Hall–Kier alpha value is -3.27. The van der Waals surface area contributed by atoms with Crippen molar-refractivity contribution in [3.8, 4) is 0 Å². The van der Waals surface area contributed by atoms with Crippen molar-refractivity contribution in [1.82, 2.24) is 5.32 Å². The highest BCUT2D eigenvalue weighted by Gasteiger charge is 2.28. The zero-order chi connectivity index (χ0) is 18.8. The summed E-state index contributed by atoms with van der Waals surface area (Å²) in [5.74, 6) is -1.16. The van der Waals surface area contributed by atoms with Crippen LogP contribution in [0.4, 0.5) is 15.5 Å². The summed E-state index contributed by atoms with van der Waals surface area (Å²) in [6.45, 7) is 0. The van der Waals surface area contributed by atoms with E-state index in [2.05, 4.69) is 5.32 Å². The molecule has 1 aliphatic rings.